The first-order chi connectivity index (χ1) is 5.93. The van der Waals surface area contributed by atoms with Crippen LogP contribution in [0.15, 0.2) is 0 Å². The van der Waals surface area contributed by atoms with Crippen LogP contribution in [0.3, 0.4) is 0 Å². The van der Waals surface area contributed by atoms with E-state index in [0.717, 1.165) is 25.8 Å². The summed E-state index contributed by atoms with van der Waals surface area (Å²) in [6.45, 7) is 7.15. The fourth-order valence-electron chi connectivity index (χ4n) is 1.99. The minimum absolute atomic E-state index is 0. The third kappa shape index (κ3) is 2.44. The largest absolute Gasteiger partial charge is 0.480 e. The van der Waals surface area contributed by atoms with E-state index in [1.54, 1.807) is 0 Å². The second-order valence-electron chi connectivity index (χ2n) is 4.71. The van der Waals surface area contributed by atoms with E-state index in [0.29, 0.717) is 0 Å². The molecule has 0 aromatic carbocycles. The number of likely N-dealkylation sites (tertiary alicyclic amines) is 1. The molecule has 1 fully saturated rings. The summed E-state index contributed by atoms with van der Waals surface area (Å²) in [6, 6.07) is -0.270. The summed E-state index contributed by atoms with van der Waals surface area (Å²) in [5.41, 5.74) is -0.0243. The Kier molecular flexibility index (Phi) is 2.96. The van der Waals surface area contributed by atoms with Crippen LogP contribution in [0.25, 0.3) is 0 Å². The smallest absolute Gasteiger partial charge is 0.320 e. The average Bonchev–Trinajstić information content (AvgIpc) is 2.03. The molecule has 0 spiro atoms. The number of piperidine rings is 1. The molecule has 1 atom stereocenters. The number of aliphatic carboxylic acids is 1. The maximum absolute atomic E-state index is 11.0. The van der Waals surface area contributed by atoms with E-state index in [9.17, 15) is 4.79 Å². The molecule has 0 aromatic rings. The van der Waals surface area contributed by atoms with Crippen molar-refractivity contribution in [3.05, 3.63) is 0 Å². The monoisotopic (exact) mass is 188 g/mol. The van der Waals surface area contributed by atoms with Crippen molar-refractivity contribution in [2.45, 2.75) is 51.6 Å². The van der Waals surface area contributed by atoms with Crippen molar-refractivity contribution in [3.8, 4) is 0 Å². The first kappa shape index (κ1) is 10.5. The second-order valence-corrected chi connectivity index (χ2v) is 4.71. The highest BCUT2D eigenvalue weighted by atomic mass is 16.4. The lowest BCUT2D eigenvalue weighted by molar-refractivity contribution is -0.147. The summed E-state index contributed by atoms with van der Waals surface area (Å²) >= 11 is 0. The lowest BCUT2D eigenvalue weighted by atomic mass is 9.95. The third-order valence-corrected chi connectivity index (χ3v) is 2.65. The number of carbonyl (C=O) groups is 1. The van der Waals surface area contributed by atoms with Crippen LogP contribution in [0.2, 0.25) is 0 Å². The van der Waals surface area contributed by atoms with Crippen LogP contribution in [0.1, 0.15) is 41.5 Å². The molecule has 1 saturated heterocycles. The fourth-order valence-corrected chi connectivity index (χ4v) is 1.99. The van der Waals surface area contributed by atoms with Crippen LogP contribution in [0.5, 0.6) is 0 Å². The second kappa shape index (κ2) is 3.66. The van der Waals surface area contributed by atoms with Crippen molar-refractivity contribution in [3.63, 3.8) is 0 Å². The number of rotatable bonds is 1. The maximum Gasteiger partial charge on any atom is 0.320 e. The predicted octanol–water partition coefficient (Wildman–Crippen LogP) is 1.97. The van der Waals surface area contributed by atoms with E-state index in [2.05, 4.69) is 25.7 Å². The number of carboxylic acid groups (broad SMARTS) is 1. The standard InChI is InChI=1S/C10H19NO2.H2/c1-10(2,3)11-7-5-4-6-8(11)9(12)13;/h8H,4-7H2,1-3H3,(H,12,13);1H/i;1+1. The molecule has 1 N–H and O–H groups in total. The zero-order valence-corrected chi connectivity index (χ0v) is 8.71. The van der Waals surface area contributed by atoms with E-state index >= 15 is 0 Å². The van der Waals surface area contributed by atoms with Gasteiger partial charge in [0.05, 0.1) is 0 Å². The van der Waals surface area contributed by atoms with Crippen LogP contribution in [-0.2, 0) is 4.79 Å². The first-order valence-corrected chi connectivity index (χ1v) is 4.92. The van der Waals surface area contributed by atoms with Gasteiger partial charge in [0.15, 0.2) is 0 Å². The fraction of sp³-hybridized carbons (Fsp3) is 0.900. The summed E-state index contributed by atoms with van der Waals surface area (Å²) in [5, 5.41) is 9.03. The Morgan fingerprint density at radius 1 is 1.46 bits per heavy atom. The Balaban J connectivity index is 0.00000169. The van der Waals surface area contributed by atoms with Gasteiger partial charge in [0.2, 0.25) is 0 Å². The van der Waals surface area contributed by atoms with Gasteiger partial charge >= 0.3 is 5.97 Å². The van der Waals surface area contributed by atoms with Gasteiger partial charge < -0.3 is 5.11 Å². The van der Waals surface area contributed by atoms with E-state index < -0.39 is 5.97 Å². The van der Waals surface area contributed by atoms with Crippen LogP contribution in [0, 0.1) is 0 Å². The molecule has 0 amide bonds. The Morgan fingerprint density at radius 2 is 2.08 bits per heavy atom. The van der Waals surface area contributed by atoms with E-state index in [1.807, 2.05) is 0 Å². The Morgan fingerprint density at radius 3 is 2.46 bits per heavy atom. The van der Waals surface area contributed by atoms with Gasteiger partial charge in [-0.3, -0.25) is 9.69 Å². The topological polar surface area (TPSA) is 40.5 Å². The molecule has 1 rings (SSSR count). The Labute approximate surface area is 81.2 Å². The summed E-state index contributed by atoms with van der Waals surface area (Å²) < 4.78 is 0. The van der Waals surface area contributed by atoms with Gasteiger partial charge in [-0.2, -0.15) is 0 Å². The van der Waals surface area contributed by atoms with Crippen molar-refractivity contribution >= 4 is 5.97 Å². The van der Waals surface area contributed by atoms with Crippen LogP contribution < -0.4 is 0 Å². The molecule has 1 unspecified atom stereocenters. The van der Waals surface area contributed by atoms with Gasteiger partial charge in [0, 0.05) is 6.97 Å². The summed E-state index contributed by atoms with van der Waals surface area (Å²) in [5.74, 6) is -0.672. The highest BCUT2D eigenvalue weighted by Gasteiger charge is 2.34. The molecule has 3 nitrogen and oxygen atoms in total. The molecule has 0 aromatic heterocycles. The molecule has 1 heterocycles. The van der Waals surface area contributed by atoms with Crippen molar-refractivity contribution in [1.82, 2.24) is 4.90 Å². The quantitative estimate of drug-likeness (QED) is 0.684. The number of nitrogens with zero attached hydrogens (tertiary/aromatic N) is 1. The molecule has 0 bridgehead atoms. The summed E-state index contributed by atoms with van der Waals surface area (Å²) in [6.07, 6.45) is 2.97. The summed E-state index contributed by atoms with van der Waals surface area (Å²) in [4.78, 5) is 13.1. The normalized spacial score (nSPS) is 25.9. The lowest BCUT2D eigenvalue weighted by Gasteiger charge is -2.42. The molecular weight excluding hydrogens is 166 g/mol. The molecule has 0 aliphatic carbocycles. The minimum atomic E-state index is -0.672. The average molecular weight is 188 g/mol. The molecule has 3 heteroatoms. The van der Waals surface area contributed by atoms with Gasteiger partial charge in [-0.15, -0.1) is 0 Å². The van der Waals surface area contributed by atoms with Crippen molar-refractivity contribution in [2.75, 3.05) is 6.54 Å². The Hall–Kier alpha value is -0.570. The van der Waals surface area contributed by atoms with Crippen molar-refractivity contribution in [1.29, 1.82) is 0 Å². The predicted molar refractivity (Wildman–Crippen MR) is 53.8 cm³/mol. The van der Waals surface area contributed by atoms with Gasteiger partial charge in [-0.1, -0.05) is 6.42 Å². The van der Waals surface area contributed by atoms with Crippen molar-refractivity contribution < 1.29 is 11.3 Å². The molecule has 1 aliphatic rings. The molecule has 0 radical (unpaired) electrons. The van der Waals surface area contributed by atoms with Gasteiger partial charge in [0.25, 0.3) is 0 Å². The van der Waals surface area contributed by atoms with Gasteiger partial charge in [-0.05, 0) is 40.2 Å². The molecule has 1 aliphatic heterocycles. The molecular formula is C10H21NO2. The van der Waals surface area contributed by atoms with E-state index in [-0.39, 0.29) is 13.0 Å². The first-order valence-electron chi connectivity index (χ1n) is 4.92. The lowest BCUT2D eigenvalue weighted by Crippen LogP contribution is -2.53. The molecule has 78 valence electrons. The van der Waals surface area contributed by atoms with Crippen LogP contribution in [-0.4, -0.2) is 34.1 Å². The zero-order chi connectivity index (χ0) is 10.1. The number of hydrogen-bond acceptors (Lipinski definition) is 2. The van der Waals surface area contributed by atoms with E-state index in [4.69, 9.17) is 5.11 Å². The third-order valence-electron chi connectivity index (χ3n) is 2.65. The number of carboxylic acids is 1. The highest BCUT2D eigenvalue weighted by Crippen LogP contribution is 2.25. The zero-order valence-electron chi connectivity index (χ0n) is 8.71. The molecule has 13 heavy (non-hydrogen) atoms. The van der Waals surface area contributed by atoms with E-state index in [1.165, 1.54) is 0 Å². The number of hydrogen-bond donors (Lipinski definition) is 1. The van der Waals surface area contributed by atoms with Crippen LogP contribution in [0.4, 0.5) is 0 Å². The molecule has 0 saturated carbocycles. The van der Waals surface area contributed by atoms with Gasteiger partial charge in [-0.25, -0.2) is 0 Å². The van der Waals surface area contributed by atoms with Gasteiger partial charge in [0.1, 0.15) is 6.04 Å². The van der Waals surface area contributed by atoms with Crippen molar-refractivity contribution in [2.24, 2.45) is 0 Å². The SMILES string of the molecule is CC(C)(C)N1CCCCC1C(=O)O.[2HH]. The summed E-state index contributed by atoms with van der Waals surface area (Å²) in [7, 11) is 0. The Bertz CT molecular complexity index is 201. The minimum Gasteiger partial charge on any atom is -0.480 e. The van der Waals surface area contributed by atoms with Crippen LogP contribution >= 0.6 is 0 Å². The maximum atomic E-state index is 11.0. The highest BCUT2D eigenvalue weighted by molar-refractivity contribution is 5.73.